The highest BCUT2D eigenvalue weighted by Gasteiger charge is 2.48. The van der Waals surface area contributed by atoms with Crippen LogP contribution in [-0.4, -0.2) is 96.6 Å². The number of hydrogen-bond donors (Lipinski definition) is 1. The summed E-state index contributed by atoms with van der Waals surface area (Å²) in [6.07, 6.45) is -1.22. The number of likely N-dealkylation sites (tertiary alicyclic amines) is 2. The summed E-state index contributed by atoms with van der Waals surface area (Å²) in [6.45, 7) is 8.76. The Morgan fingerprint density at radius 1 is 1.14 bits per heavy atom. The summed E-state index contributed by atoms with van der Waals surface area (Å²) in [5.74, 6) is 1.12. The lowest BCUT2D eigenvalue weighted by molar-refractivity contribution is -0.153. The van der Waals surface area contributed by atoms with E-state index in [9.17, 15) is 18.0 Å². The average molecular weight is 769 g/mol. The quantitative estimate of drug-likeness (QED) is 0.357. The number of hydrogen-bond acceptors (Lipinski definition) is 8. The second-order valence-corrected chi connectivity index (χ2v) is 14.7. The number of nitrogens with zero attached hydrogens (tertiary/aromatic N) is 5. The number of anilines is 2. The molecular weight excluding hydrogens is 732 g/mol. The lowest BCUT2D eigenvalue weighted by atomic mass is 9.72. The van der Waals surface area contributed by atoms with Gasteiger partial charge in [0.15, 0.2) is 12.4 Å². The van der Waals surface area contributed by atoms with Crippen LogP contribution < -0.4 is 15.0 Å². The molecule has 0 aliphatic carbocycles. The van der Waals surface area contributed by atoms with E-state index in [1.165, 1.54) is 0 Å². The van der Waals surface area contributed by atoms with Gasteiger partial charge in [-0.25, -0.2) is 9.78 Å². The Labute approximate surface area is 266 Å². The minimum atomic E-state index is -4.49. The van der Waals surface area contributed by atoms with Crippen molar-refractivity contribution in [3.63, 3.8) is 0 Å². The SMILES string of the molecule is CN1CCC(Nc2nc(N3CCC4(CC3)CN(C(=O)OC(C)(C)C)C4)c3cc(I)c(Br)c(OCC(F)(F)F)c3n2)CC1. The zero-order valence-corrected chi connectivity index (χ0v) is 28.0. The zero-order chi connectivity index (χ0) is 30.4. The number of fused-ring (bicyclic) bond motifs is 1. The molecule has 3 aliphatic rings. The maximum absolute atomic E-state index is 13.2. The molecule has 0 saturated carbocycles. The van der Waals surface area contributed by atoms with Gasteiger partial charge in [0.1, 0.15) is 16.9 Å². The van der Waals surface area contributed by atoms with E-state index in [0.29, 0.717) is 56.9 Å². The molecule has 5 rings (SSSR count). The third kappa shape index (κ3) is 7.28. The van der Waals surface area contributed by atoms with Crippen LogP contribution in [0.15, 0.2) is 10.5 Å². The largest absolute Gasteiger partial charge is 0.481 e. The zero-order valence-electron chi connectivity index (χ0n) is 24.3. The molecule has 14 heteroatoms. The predicted molar refractivity (Wildman–Crippen MR) is 167 cm³/mol. The number of carbonyl (C=O) groups excluding carboxylic acids is 1. The Morgan fingerprint density at radius 2 is 1.79 bits per heavy atom. The number of alkyl halides is 3. The highest BCUT2D eigenvalue weighted by Crippen LogP contribution is 2.45. The Balaban J connectivity index is 1.41. The molecule has 42 heavy (non-hydrogen) atoms. The molecule has 1 N–H and O–H groups in total. The summed E-state index contributed by atoms with van der Waals surface area (Å²) < 4.78 is 51.6. The van der Waals surface area contributed by atoms with Crippen LogP contribution in [0.4, 0.5) is 29.7 Å². The fourth-order valence-corrected chi connectivity index (χ4v) is 6.79. The number of nitrogens with one attached hydrogen (secondary N) is 1. The Morgan fingerprint density at radius 3 is 2.38 bits per heavy atom. The lowest BCUT2D eigenvalue weighted by Crippen LogP contribution is -2.62. The van der Waals surface area contributed by atoms with Gasteiger partial charge in [-0.15, -0.1) is 0 Å². The molecule has 0 atom stereocenters. The molecule has 232 valence electrons. The normalized spacial score (nSPS) is 20.1. The standard InChI is InChI=1S/C28H37BrF3IN6O3/c1-26(2,3)42-25(40)39-14-27(15-39)7-11-38(12-8-27)23-18-13-19(33)20(29)22(41-16-28(30,31)32)21(18)35-24(36-23)34-17-5-9-37(4)10-6-17/h13,17H,5-12,14-16H2,1-4H3,(H,34,35,36). The van der Waals surface area contributed by atoms with Crippen LogP contribution in [0, 0.1) is 8.99 Å². The first-order valence-corrected chi connectivity index (χ1v) is 16.1. The van der Waals surface area contributed by atoms with Crippen LogP contribution in [0.1, 0.15) is 46.5 Å². The maximum atomic E-state index is 13.2. The van der Waals surface area contributed by atoms with Gasteiger partial charge in [-0.05, 0) is 111 Å². The van der Waals surface area contributed by atoms with Crippen molar-refractivity contribution in [2.75, 3.05) is 63.1 Å². The van der Waals surface area contributed by atoms with Gasteiger partial charge in [0.2, 0.25) is 5.95 Å². The van der Waals surface area contributed by atoms with Gasteiger partial charge < -0.3 is 29.5 Å². The Kier molecular flexibility index (Phi) is 8.99. The summed E-state index contributed by atoms with van der Waals surface area (Å²) in [7, 11) is 2.09. The first-order valence-electron chi connectivity index (χ1n) is 14.2. The van der Waals surface area contributed by atoms with Gasteiger partial charge in [0.25, 0.3) is 0 Å². The van der Waals surface area contributed by atoms with E-state index in [2.05, 4.69) is 60.7 Å². The average Bonchev–Trinajstić information content (AvgIpc) is 2.87. The summed E-state index contributed by atoms with van der Waals surface area (Å²) >= 11 is 5.53. The Bertz CT molecular complexity index is 1320. The van der Waals surface area contributed by atoms with E-state index in [0.717, 1.165) is 38.8 Å². The van der Waals surface area contributed by atoms with Gasteiger partial charge in [-0.3, -0.25) is 0 Å². The number of aromatic nitrogens is 2. The van der Waals surface area contributed by atoms with Crippen LogP contribution in [0.3, 0.4) is 0 Å². The predicted octanol–water partition coefficient (Wildman–Crippen LogP) is 6.28. The van der Waals surface area contributed by atoms with Crippen LogP contribution in [0.25, 0.3) is 10.9 Å². The van der Waals surface area contributed by atoms with Crippen molar-refractivity contribution in [2.45, 2.75) is 64.3 Å². The number of rotatable bonds is 5. The minimum Gasteiger partial charge on any atom is -0.481 e. The van der Waals surface area contributed by atoms with Gasteiger partial charge >= 0.3 is 12.3 Å². The van der Waals surface area contributed by atoms with Crippen molar-refractivity contribution in [3.05, 3.63) is 14.1 Å². The Hall–Kier alpha value is -1.81. The van der Waals surface area contributed by atoms with E-state index in [1.807, 2.05) is 26.8 Å². The number of carbonyl (C=O) groups is 1. The van der Waals surface area contributed by atoms with E-state index >= 15 is 0 Å². The molecule has 0 bridgehead atoms. The first kappa shape index (κ1) is 31.6. The van der Waals surface area contributed by atoms with Crippen LogP contribution >= 0.6 is 38.5 Å². The van der Waals surface area contributed by atoms with Gasteiger partial charge in [0.05, 0.1) is 4.47 Å². The van der Waals surface area contributed by atoms with E-state index in [4.69, 9.17) is 19.4 Å². The van der Waals surface area contributed by atoms with Gasteiger partial charge in [-0.1, -0.05) is 0 Å². The molecule has 1 spiro atoms. The highest BCUT2D eigenvalue weighted by atomic mass is 127. The van der Waals surface area contributed by atoms with E-state index < -0.39 is 18.4 Å². The van der Waals surface area contributed by atoms with Crippen molar-refractivity contribution < 1.29 is 27.4 Å². The lowest BCUT2D eigenvalue weighted by Gasteiger charge is -2.53. The van der Waals surface area contributed by atoms with Gasteiger partial charge in [-0.2, -0.15) is 18.2 Å². The van der Waals surface area contributed by atoms with Crippen molar-refractivity contribution in [1.29, 1.82) is 0 Å². The van der Waals surface area contributed by atoms with Crippen LogP contribution in [-0.2, 0) is 4.74 Å². The summed E-state index contributed by atoms with van der Waals surface area (Å²) in [5, 5.41) is 4.10. The molecule has 1 aromatic heterocycles. The minimum absolute atomic E-state index is 0.0316. The summed E-state index contributed by atoms with van der Waals surface area (Å²) in [5.41, 5.74) is -0.165. The maximum Gasteiger partial charge on any atom is 0.422 e. The van der Waals surface area contributed by atoms with Crippen molar-refractivity contribution in [1.82, 2.24) is 19.8 Å². The third-order valence-corrected chi connectivity index (χ3v) is 10.5. The van der Waals surface area contributed by atoms with Crippen molar-refractivity contribution in [2.24, 2.45) is 5.41 Å². The first-order chi connectivity index (χ1) is 19.6. The van der Waals surface area contributed by atoms with Crippen LogP contribution in [0.5, 0.6) is 5.75 Å². The van der Waals surface area contributed by atoms with E-state index in [1.54, 1.807) is 4.90 Å². The molecule has 9 nitrogen and oxygen atoms in total. The number of benzene rings is 1. The molecule has 1 amide bonds. The molecule has 0 unspecified atom stereocenters. The molecule has 2 aromatic rings. The second kappa shape index (κ2) is 11.9. The number of piperidine rings is 2. The number of amides is 1. The molecule has 1 aromatic carbocycles. The van der Waals surface area contributed by atoms with Crippen molar-refractivity contribution >= 4 is 67.3 Å². The molecule has 3 fully saturated rings. The molecule has 3 aliphatic heterocycles. The van der Waals surface area contributed by atoms with Gasteiger partial charge in [0, 0.05) is 46.6 Å². The molecular formula is C28H37BrF3IN6O3. The highest BCUT2D eigenvalue weighted by molar-refractivity contribution is 14.1. The van der Waals surface area contributed by atoms with Crippen molar-refractivity contribution in [3.8, 4) is 5.75 Å². The second-order valence-electron chi connectivity index (χ2n) is 12.7. The fraction of sp³-hybridized carbons (Fsp3) is 0.679. The summed E-state index contributed by atoms with van der Waals surface area (Å²) in [4.78, 5) is 28.4. The van der Waals surface area contributed by atoms with Crippen LogP contribution in [0.2, 0.25) is 0 Å². The molecule has 0 radical (unpaired) electrons. The topological polar surface area (TPSA) is 83.1 Å². The summed E-state index contributed by atoms with van der Waals surface area (Å²) in [6, 6.07) is 2.06. The fourth-order valence-electron chi connectivity index (χ4n) is 5.82. The molecule has 3 saturated heterocycles. The number of ether oxygens (including phenoxy) is 2. The monoisotopic (exact) mass is 768 g/mol. The number of halogens is 5. The molecule has 4 heterocycles. The smallest absolute Gasteiger partial charge is 0.422 e. The van der Waals surface area contributed by atoms with E-state index in [-0.39, 0.29) is 23.3 Å². The third-order valence-electron chi connectivity index (χ3n) is 8.08.